The fourth-order valence-corrected chi connectivity index (χ4v) is 1.69. The summed E-state index contributed by atoms with van der Waals surface area (Å²) >= 11 is 0. The van der Waals surface area contributed by atoms with Crippen LogP contribution in [-0.4, -0.2) is 18.0 Å². The number of carbonyl (C=O) groups is 1. The van der Waals surface area contributed by atoms with E-state index in [1.807, 2.05) is 0 Å². The van der Waals surface area contributed by atoms with Gasteiger partial charge in [-0.1, -0.05) is 0 Å². The molecule has 0 fully saturated rings. The predicted molar refractivity (Wildman–Crippen MR) is 71.0 cm³/mol. The average Bonchev–Trinajstić information content (AvgIpc) is 2.33. The maximum atomic E-state index is 13.2. The van der Waals surface area contributed by atoms with E-state index in [9.17, 15) is 22.4 Å². The van der Waals surface area contributed by atoms with Crippen LogP contribution < -0.4 is 10.6 Å². The predicted octanol–water partition coefficient (Wildman–Crippen LogP) is 2.85. The highest BCUT2D eigenvalue weighted by Gasteiger charge is 2.31. The van der Waals surface area contributed by atoms with Gasteiger partial charge in [0.25, 0.3) is 0 Å². The summed E-state index contributed by atoms with van der Waals surface area (Å²) in [6, 6.07) is 1.69. The summed E-state index contributed by atoms with van der Waals surface area (Å²) in [4.78, 5) is 11.6. The number of hydrogen-bond acceptors (Lipinski definition) is 2. The Morgan fingerprint density at radius 1 is 1.19 bits per heavy atom. The molecule has 118 valence electrons. The quantitative estimate of drug-likeness (QED) is 0.821. The largest absolute Gasteiger partial charge is 0.416 e. The number of halogens is 4. The van der Waals surface area contributed by atoms with Gasteiger partial charge in [0.05, 0.1) is 11.6 Å². The zero-order chi connectivity index (χ0) is 16.2. The summed E-state index contributed by atoms with van der Waals surface area (Å²) in [7, 11) is 0. The minimum Gasteiger partial charge on any atom is -0.353 e. The number of hydrogen-bond donors (Lipinski definition) is 2. The summed E-state index contributed by atoms with van der Waals surface area (Å²) in [5.41, 5.74) is -0.912. The Bertz CT molecular complexity index is 500. The molecule has 0 spiro atoms. The fourth-order valence-electron chi connectivity index (χ4n) is 1.69. The van der Waals surface area contributed by atoms with E-state index in [0.29, 0.717) is 6.07 Å². The fraction of sp³-hybridized carbons (Fsp3) is 0.500. The third kappa shape index (κ3) is 5.71. The Hall–Kier alpha value is -1.63. The van der Waals surface area contributed by atoms with Gasteiger partial charge in [0, 0.05) is 12.6 Å². The van der Waals surface area contributed by atoms with Crippen LogP contribution >= 0.6 is 0 Å². The molecule has 1 aromatic rings. The number of alkyl halides is 3. The molecule has 1 aromatic carbocycles. The van der Waals surface area contributed by atoms with Gasteiger partial charge < -0.3 is 10.6 Å². The van der Waals surface area contributed by atoms with Crippen molar-refractivity contribution in [2.24, 2.45) is 0 Å². The number of benzene rings is 1. The molecule has 0 aromatic heterocycles. The summed E-state index contributed by atoms with van der Waals surface area (Å²) in [5.74, 6) is -1.22. The van der Waals surface area contributed by atoms with Gasteiger partial charge in [0.2, 0.25) is 5.91 Å². The molecule has 0 aliphatic carbocycles. The lowest BCUT2D eigenvalue weighted by Crippen LogP contribution is -2.44. The van der Waals surface area contributed by atoms with Gasteiger partial charge in [-0.05, 0) is 44.5 Å². The highest BCUT2D eigenvalue weighted by molar-refractivity contribution is 5.81. The van der Waals surface area contributed by atoms with Gasteiger partial charge in [-0.3, -0.25) is 4.79 Å². The van der Waals surface area contributed by atoms with Crippen LogP contribution in [0.4, 0.5) is 17.6 Å². The Kier molecular flexibility index (Phi) is 5.71. The summed E-state index contributed by atoms with van der Waals surface area (Å²) < 4.78 is 50.9. The number of rotatable bonds is 5. The molecule has 1 unspecified atom stereocenters. The molecule has 7 heteroatoms. The van der Waals surface area contributed by atoms with Crippen LogP contribution in [0, 0.1) is 5.82 Å². The van der Waals surface area contributed by atoms with Crippen molar-refractivity contribution in [3.8, 4) is 0 Å². The van der Waals surface area contributed by atoms with E-state index in [-0.39, 0.29) is 24.1 Å². The lowest BCUT2D eigenvalue weighted by Gasteiger charge is -2.16. The number of carbonyl (C=O) groups excluding carboxylic acids is 1. The second-order valence-corrected chi connectivity index (χ2v) is 5.11. The van der Waals surface area contributed by atoms with E-state index in [0.717, 1.165) is 12.1 Å². The van der Waals surface area contributed by atoms with Gasteiger partial charge in [0.1, 0.15) is 5.82 Å². The van der Waals surface area contributed by atoms with Crippen molar-refractivity contribution in [2.45, 2.75) is 45.6 Å². The molecular formula is C14H18F4N2O. The molecule has 21 heavy (non-hydrogen) atoms. The van der Waals surface area contributed by atoms with Crippen LogP contribution in [0.2, 0.25) is 0 Å². The second-order valence-electron chi connectivity index (χ2n) is 5.11. The van der Waals surface area contributed by atoms with Gasteiger partial charge in [0.15, 0.2) is 0 Å². The Labute approximate surface area is 120 Å². The van der Waals surface area contributed by atoms with Crippen LogP contribution in [0.25, 0.3) is 0 Å². The van der Waals surface area contributed by atoms with Crippen LogP contribution in [0.15, 0.2) is 18.2 Å². The lowest BCUT2D eigenvalue weighted by molar-refractivity contribution is -0.137. The zero-order valence-electron chi connectivity index (χ0n) is 12.0. The van der Waals surface area contributed by atoms with Gasteiger partial charge in [-0.2, -0.15) is 13.2 Å². The van der Waals surface area contributed by atoms with E-state index in [2.05, 4.69) is 10.6 Å². The molecule has 1 rings (SSSR count). The van der Waals surface area contributed by atoms with E-state index in [1.54, 1.807) is 20.8 Å². The molecule has 3 nitrogen and oxygen atoms in total. The Morgan fingerprint density at radius 3 is 2.33 bits per heavy atom. The van der Waals surface area contributed by atoms with Crippen LogP contribution in [-0.2, 0) is 17.5 Å². The number of nitrogens with one attached hydrogen (secondary N) is 2. The van der Waals surface area contributed by atoms with Gasteiger partial charge >= 0.3 is 6.18 Å². The molecule has 0 aliphatic rings. The molecular weight excluding hydrogens is 288 g/mol. The molecule has 1 amide bonds. The maximum Gasteiger partial charge on any atom is 0.416 e. The second kappa shape index (κ2) is 6.89. The SMILES string of the molecule is CC(C)NC(=O)C(C)NCc1cc(F)cc(C(F)(F)F)c1. The van der Waals surface area contributed by atoms with Crippen molar-refractivity contribution in [3.05, 3.63) is 35.1 Å². The molecule has 0 saturated heterocycles. The topological polar surface area (TPSA) is 41.1 Å². The summed E-state index contributed by atoms with van der Waals surface area (Å²) in [6.07, 6.45) is -4.60. The molecule has 0 radical (unpaired) electrons. The van der Waals surface area contributed by atoms with E-state index >= 15 is 0 Å². The first-order valence-corrected chi connectivity index (χ1v) is 6.50. The minimum absolute atomic E-state index is 0.0342. The monoisotopic (exact) mass is 306 g/mol. The first-order valence-electron chi connectivity index (χ1n) is 6.50. The molecule has 0 saturated carbocycles. The number of amides is 1. The van der Waals surface area contributed by atoms with Gasteiger partial charge in [-0.15, -0.1) is 0 Å². The van der Waals surface area contributed by atoms with Crippen molar-refractivity contribution in [2.75, 3.05) is 0 Å². The molecule has 0 heterocycles. The van der Waals surface area contributed by atoms with Crippen molar-refractivity contribution in [1.29, 1.82) is 0 Å². The molecule has 0 aliphatic heterocycles. The summed E-state index contributed by atoms with van der Waals surface area (Å²) in [5, 5.41) is 5.43. The third-order valence-corrected chi connectivity index (χ3v) is 2.72. The van der Waals surface area contributed by atoms with Gasteiger partial charge in [-0.25, -0.2) is 4.39 Å². The van der Waals surface area contributed by atoms with Crippen LogP contribution in [0.1, 0.15) is 31.9 Å². The Balaban J connectivity index is 2.71. The third-order valence-electron chi connectivity index (χ3n) is 2.72. The first-order chi connectivity index (χ1) is 9.59. The zero-order valence-corrected chi connectivity index (χ0v) is 12.0. The van der Waals surface area contributed by atoms with Crippen molar-refractivity contribution < 1.29 is 22.4 Å². The average molecular weight is 306 g/mol. The smallest absolute Gasteiger partial charge is 0.353 e. The van der Waals surface area contributed by atoms with E-state index < -0.39 is 23.6 Å². The highest BCUT2D eigenvalue weighted by atomic mass is 19.4. The normalized spacial score (nSPS) is 13.3. The minimum atomic E-state index is -4.60. The maximum absolute atomic E-state index is 13.2. The summed E-state index contributed by atoms with van der Waals surface area (Å²) in [6.45, 7) is 5.15. The molecule has 0 bridgehead atoms. The lowest BCUT2D eigenvalue weighted by atomic mass is 10.1. The standard InChI is InChI=1S/C14H18F4N2O/c1-8(2)20-13(21)9(3)19-7-10-4-11(14(16,17)18)6-12(15)5-10/h4-6,8-9,19H,7H2,1-3H3,(H,20,21). The van der Waals surface area contributed by atoms with E-state index in [1.165, 1.54) is 0 Å². The van der Waals surface area contributed by atoms with Crippen molar-refractivity contribution in [1.82, 2.24) is 10.6 Å². The van der Waals surface area contributed by atoms with Crippen LogP contribution in [0.5, 0.6) is 0 Å². The van der Waals surface area contributed by atoms with E-state index in [4.69, 9.17) is 0 Å². The highest BCUT2D eigenvalue weighted by Crippen LogP contribution is 2.30. The Morgan fingerprint density at radius 2 is 1.81 bits per heavy atom. The van der Waals surface area contributed by atoms with Crippen molar-refractivity contribution in [3.63, 3.8) is 0 Å². The van der Waals surface area contributed by atoms with Crippen molar-refractivity contribution >= 4 is 5.91 Å². The molecule has 1 atom stereocenters. The van der Waals surface area contributed by atoms with Crippen LogP contribution in [0.3, 0.4) is 0 Å². The first kappa shape index (κ1) is 17.4. The molecule has 2 N–H and O–H groups in total.